The molecule has 19 heavy (non-hydrogen) atoms. The Morgan fingerprint density at radius 3 is 2.26 bits per heavy atom. The number of hydrogen-bond donors (Lipinski definition) is 2. The molecule has 1 fully saturated rings. The number of aliphatic carboxylic acids is 1. The molecule has 0 saturated heterocycles. The van der Waals surface area contributed by atoms with Gasteiger partial charge in [-0.2, -0.15) is 0 Å². The number of carboxylic acids is 1. The van der Waals surface area contributed by atoms with Gasteiger partial charge in [-0.1, -0.05) is 13.8 Å². The molecule has 0 radical (unpaired) electrons. The second-order valence-corrected chi connectivity index (χ2v) is 6.08. The molecule has 1 rings (SSSR count). The van der Waals surface area contributed by atoms with Gasteiger partial charge in [0.2, 0.25) is 0 Å². The van der Waals surface area contributed by atoms with Gasteiger partial charge in [-0.05, 0) is 45.4 Å². The van der Waals surface area contributed by atoms with Crippen molar-refractivity contribution in [3.05, 3.63) is 0 Å². The molecule has 2 amide bonds. The molecule has 1 aliphatic rings. The third-order valence-corrected chi connectivity index (χ3v) is 4.53. The highest BCUT2D eigenvalue weighted by Crippen LogP contribution is 2.31. The summed E-state index contributed by atoms with van der Waals surface area (Å²) in [5.74, 6) is 0.0563. The Morgan fingerprint density at radius 2 is 1.89 bits per heavy atom. The van der Waals surface area contributed by atoms with Crippen molar-refractivity contribution >= 4 is 12.0 Å². The minimum absolute atomic E-state index is 0.154. The summed E-state index contributed by atoms with van der Waals surface area (Å²) in [6.07, 6.45) is 2.08. The molecular formula is C14H26N2O3. The standard InChI is InChI=1S/C14H26N2O3/c1-6-16(14(4,5)12(17)18)13(19)15-11-8-7-9(2)10(11)3/h9-11H,6-8H2,1-5H3,(H,15,19)(H,17,18). The van der Waals surface area contributed by atoms with Crippen LogP contribution in [0, 0.1) is 11.8 Å². The predicted octanol–water partition coefficient (Wildman–Crippen LogP) is 2.32. The van der Waals surface area contributed by atoms with Crippen LogP contribution in [0.5, 0.6) is 0 Å². The number of nitrogens with zero attached hydrogens (tertiary/aromatic N) is 1. The van der Waals surface area contributed by atoms with E-state index < -0.39 is 11.5 Å². The van der Waals surface area contributed by atoms with Crippen LogP contribution in [0.25, 0.3) is 0 Å². The van der Waals surface area contributed by atoms with E-state index in [-0.39, 0.29) is 12.1 Å². The molecule has 5 nitrogen and oxygen atoms in total. The maximum atomic E-state index is 12.3. The molecule has 0 aromatic rings. The highest BCUT2D eigenvalue weighted by atomic mass is 16.4. The van der Waals surface area contributed by atoms with Crippen LogP contribution in [-0.2, 0) is 4.79 Å². The van der Waals surface area contributed by atoms with E-state index in [0.717, 1.165) is 12.8 Å². The lowest BCUT2D eigenvalue weighted by Crippen LogP contribution is -2.57. The number of carboxylic acid groups (broad SMARTS) is 1. The number of carbonyl (C=O) groups excluding carboxylic acids is 1. The minimum Gasteiger partial charge on any atom is -0.480 e. The molecule has 1 saturated carbocycles. The first-order valence-corrected chi connectivity index (χ1v) is 7.03. The highest BCUT2D eigenvalue weighted by molar-refractivity contribution is 5.85. The minimum atomic E-state index is -1.19. The number of urea groups is 1. The van der Waals surface area contributed by atoms with Crippen molar-refractivity contribution in [1.29, 1.82) is 0 Å². The van der Waals surface area contributed by atoms with Gasteiger partial charge < -0.3 is 15.3 Å². The number of amides is 2. The Kier molecular flexibility index (Phi) is 4.82. The Balaban J connectivity index is 2.73. The molecule has 1 aliphatic carbocycles. The largest absolute Gasteiger partial charge is 0.480 e. The average Bonchev–Trinajstić information content (AvgIpc) is 2.61. The zero-order valence-electron chi connectivity index (χ0n) is 12.6. The molecule has 3 unspecified atom stereocenters. The van der Waals surface area contributed by atoms with Crippen LogP contribution in [0.2, 0.25) is 0 Å². The molecule has 0 aromatic heterocycles. The maximum absolute atomic E-state index is 12.3. The van der Waals surface area contributed by atoms with Crippen LogP contribution in [0.1, 0.15) is 47.5 Å². The Labute approximate surface area is 115 Å². The summed E-state index contributed by atoms with van der Waals surface area (Å²) in [4.78, 5) is 24.9. The summed E-state index contributed by atoms with van der Waals surface area (Å²) < 4.78 is 0. The topological polar surface area (TPSA) is 69.6 Å². The number of rotatable bonds is 4. The van der Waals surface area contributed by atoms with E-state index >= 15 is 0 Å². The van der Waals surface area contributed by atoms with Crippen molar-refractivity contribution in [2.45, 2.75) is 59.0 Å². The van der Waals surface area contributed by atoms with E-state index in [4.69, 9.17) is 0 Å². The average molecular weight is 270 g/mol. The molecule has 0 heterocycles. The Morgan fingerprint density at radius 1 is 1.32 bits per heavy atom. The highest BCUT2D eigenvalue weighted by Gasteiger charge is 2.39. The molecule has 0 aliphatic heterocycles. The molecule has 0 bridgehead atoms. The number of carbonyl (C=O) groups is 2. The first-order valence-electron chi connectivity index (χ1n) is 7.03. The number of likely N-dealkylation sites (N-methyl/N-ethyl adjacent to an activating group) is 1. The lowest BCUT2D eigenvalue weighted by Gasteiger charge is -2.35. The van der Waals surface area contributed by atoms with E-state index in [1.807, 2.05) is 0 Å². The molecule has 2 N–H and O–H groups in total. The third-order valence-electron chi connectivity index (χ3n) is 4.53. The van der Waals surface area contributed by atoms with Gasteiger partial charge in [-0.3, -0.25) is 0 Å². The van der Waals surface area contributed by atoms with Gasteiger partial charge in [0.15, 0.2) is 0 Å². The van der Waals surface area contributed by atoms with Gasteiger partial charge in [-0.25, -0.2) is 9.59 Å². The fourth-order valence-corrected chi connectivity index (χ4v) is 2.71. The Hall–Kier alpha value is -1.26. The van der Waals surface area contributed by atoms with Gasteiger partial charge in [0.05, 0.1) is 0 Å². The van der Waals surface area contributed by atoms with Crippen molar-refractivity contribution in [3.8, 4) is 0 Å². The van der Waals surface area contributed by atoms with Crippen molar-refractivity contribution in [2.75, 3.05) is 6.54 Å². The van der Waals surface area contributed by atoms with Crippen molar-refractivity contribution in [2.24, 2.45) is 11.8 Å². The first-order chi connectivity index (χ1) is 8.71. The summed E-state index contributed by atoms with van der Waals surface area (Å²) in [6, 6.07) is -0.123. The zero-order chi connectivity index (χ0) is 14.8. The van der Waals surface area contributed by atoms with Crippen molar-refractivity contribution < 1.29 is 14.7 Å². The van der Waals surface area contributed by atoms with Gasteiger partial charge >= 0.3 is 12.0 Å². The van der Waals surface area contributed by atoms with Crippen molar-refractivity contribution in [1.82, 2.24) is 10.2 Å². The second kappa shape index (κ2) is 5.80. The smallest absolute Gasteiger partial charge is 0.329 e. The van der Waals surface area contributed by atoms with Gasteiger partial charge in [0.1, 0.15) is 5.54 Å². The molecule has 5 heteroatoms. The van der Waals surface area contributed by atoms with Crippen LogP contribution in [0.15, 0.2) is 0 Å². The van der Waals surface area contributed by atoms with Crippen LogP contribution in [-0.4, -0.2) is 40.1 Å². The van der Waals surface area contributed by atoms with E-state index in [0.29, 0.717) is 18.4 Å². The molecule has 0 spiro atoms. The van der Waals surface area contributed by atoms with Crippen LogP contribution >= 0.6 is 0 Å². The summed E-state index contributed by atoms with van der Waals surface area (Å²) in [5, 5.41) is 12.2. The summed E-state index contributed by atoms with van der Waals surface area (Å²) >= 11 is 0. The normalized spacial score (nSPS) is 27.1. The van der Waals surface area contributed by atoms with Gasteiger partial charge in [0, 0.05) is 12.6 Å². The summed E-state index contributed by atoms with van der Waals surface area (Å²) in [6.45, 7) is 9.61. The Bertz CT molecular complexity index is 355. The summed E-state index contributed by atoms with van der Waals surface area (Å²) in [7, 11) is 0. The predicted molar refractivity (Wildman–Crippen MR) is 74.0 cm³/mol. The number of hydrogen-bond acceptors (Lipinski definition) is 2. The van der Waals surface area contributed by atoms with Gasteiger partial charge in [0.25, 0.3) is 0 Å². The van der Waals surface area contributed by atoms with Crippen LogP contribution in [0.3, 0.4) is 0 Å². The van der Waals surface area contributed by atoms with E-state index in [9.17, 15) is 14.7 Å². The quantitative estimate of drug-likeness (QED) is 0.823. The fraction of sp³-hybridized carbons (Fsp3) is 0.857. The van der Waals surface area contributed by atoms with E-state index in [1.54, 1.807) is 20.8 Å². The van der Waals surface area contributed by atoms with Crippen LogP contribution < -0.4 is 5.32 Å². The van der Waals surface area contributed by atoms with Crippen molar-refractivity contribution in [3.63, 3.8) is 0 Å². The zero-order valence-corrected chi connectivity index (χ0v) is 12.6. The monoisotopic (exact) mass is 270 g/mol. The molecule has 0 aromatic carbocycles. The fourth-order valence-electron chi connectivity index (χ4n) is 2.71. The second-order valence-electron chi connectivity index (χ2n) is 6.08. The lowest BCUT2D eigenvalue weighted by molar-refractivity contribution is -0.147. The first kappa shape index (κ1) is 15.8. The van der Waals surface area contributed by atoms with Crippen LogP contribution in [0.4, 0.5) is 4.79 Å². The van der Waals surface area contributed by atoms with E-state index in [2.05, 4.69) is 19.2 Å². The SMILES string of the molecule is CCN(C(=O)NC1CCC(C)C1C)C(C)(C)C(=O)O. The molecule has 3 atom stereocenters. The van der Waals surface area contributed by atoms with Gasteiger partial charge in [-0.15, -0.1) is 0 Å². The maximum Gasteiger partial charge on any atom is 0.329 e. The summed E-state index contributed by atoms with van der Waals surface area (Å²) in [5.41, 5.74) is -1.19. The van der Waals surface area contributed by atoms with E-state index in [1.165, 1.54) is 4.90 Å². The molecule has 110 valence electrons. The lowest BCUT2D eigenvalue weighted by atomic mass is 9.98. The third kappa shape index (κ3) is 3.19. The molecular weight excluding hydrogens is 244 g/mol. The number of nitrogens with one attached hydrogen (secondary N) is 1.